The highest BCUT2D eigenvalue weighted by Crippen LogP contribution is 2.32. The topological polar surface area (TPSA) is 125 Å². The number of ether oxygens (including phenoxy) is 3. The van der Waals surface area contributed by atoms with Crippen molar-refractivity contribution in [2.24, 2.45) is 0 Å². The van der Waals surface area contributed by atoms with Gasteiger partial charge in [0.25, 0.3) is 5.69 Å². The van der Waals surface area contributed by atoms with Crippen LogP contribution in [0.3, 0.4) is 0 Å². The van der Waals surface area contributed by atoms with Gasteiger partial charge in [0, 0.05) is 31.7 Å². The summed E-state index contributed by atoms with van der Waals surface area (Å²) >= 11 is 0. The molecule has 154 valence electrons. The predicted octanol–water partition coefficient (Wildman–Crippen LogP) is 1.98. The number of sulfonamides is 1. The van der Waals surface area contributed by atoms with E-state index in [2.05, 4.69) is 0 Å². The molecule has 11 heteroatoms. The Balaban J connectivity index is 1.68. The Morgan fingerprint density at radius 3 is 2.45 bits per heavy atom. The first kappa shape index (κ1) is 20.6. The van der Waals surface area contributed by atoms with Crippen LogP contribution in [0, 0.1) is 10.1 Å². The first-order chi connectivity index (χ1) is 13.8. The summed E-state index contributed by atoms with van der Waals surface area (Å²) in [6, 6.07) is 9.12. The average Bonchev–Trinajstić information content (AvgIpc) is 2.93. The molecule has 0 radical (unpaired) electrons. The van der Waals surface area contributed by atoms with Crippen molar-refractivity contribution in [2.45, 2.75) is 11.3 Å². The third kappa shape index (κ3) is 4.81. The van der Waals surface area contributed by atoms with Crippen LogP contribution in [0.4, 0.5) is 5.69 Å². The lowest BCUT2D eigenvalue weighted by atomic mass is 10.3. The van der Waals surface area contributed by atoms with Gasteiger partial charge < -0.3 is 14.2 Å². The lowest BCUT2D eigenvalue weighted by molar-refractivity contribution is -0.384. The molecule has 29 heavy (non-hydrogen) atoms. The Kier molecular flexibility index (Phi) is 5.99. The number of likely N-dealkylation sites (N-methyl/N-ethyl adjacent to an activating group) is 1. The van der Waals surface area contributed by atoms with Gasteiger partial charge in [0.05, 0.1) is 23.0 Å². The molecule has 0 fully saturated rings. The molecule has 1 aliphatic heterocycles. The number of hydrogen-bond acceptors (Lipinski definition) is 8. The second-order valence-corrected chi connectivity index (χ2v) is 8.19. The number of nitrogens with zero attached hydrogens (tertiary/aromatic N) is 2. The second-order valence-electron chi connectivity index (χ2n) is 6.15. The first-order valence-electron chi connectivity index (χ1n) is 8.58. The van der Waals surface area contributed by atoms with Gasteiger partial charge in [0.15, 0.2) is 11.5 Å². The van der Waals surface area contributed by atoms with Crippen LogP contribution in [-0.4, -0.2) is 50.4 Å². The summed E-state index contributed by atoms with van der Waals surface area (Å²) in [6.07, 6.45) is 0.686. The maximum atomic E-state index is 12.8. The number of carbonyl (C=O) groups is 1. The van der Waals surface area contributed by atoms with E-state index in [0.29, 0.717) is 31.1 Å². The molecule has 2 aromatic rings. The highest BCUT2D eigenvalue weighted by Gasteiger charge is 2.26. The molecular formula is C18H18N2O8S. The Morgan fingerprint density at radius 2 is 1.79 bits per heavy atom. The van der Waals surface area contributed by atoms with Crippen molar-refractivity contribution in [3.63, 3.8) is 0 Å². The number of carbonyl (C=O) groups excluding carboxylic acids is 1. The van der Waals surface area contributed by atoms with Gasteiger partial charge in [-0.05, 0) is 24.3 Å². The number of nitro groups is 1. The summed E-state index contributed by atoms with van der Waals surface area (Å²) in [5.74, 6) is 0.0216. The van der Waals surface area contributed by atoms with Crippen LogP contribution in [0.5, 0.6) is 17.2 Å². The molecule has 0 saturated carbocycles. The van der Waals surface area contributed by atoms with E-state index >= 15 is 0 Å². The van der Waals surface area contributed by atoms with Gasteiger partial charge >= 0.3 is 5.97 Å². The minimum Gasteiger partial charge on any atom is -0.490 e. The number of esters is 1. The fraction of sp³-hybridized carbons (Fsp3) is 0.278. The molecule has 10 nitrogen and oxygen atoms in total. The Bertz CT molecular complexity index is 1020. The van der Waals surface area contributed by atoms with E-state index in [1.807, 2.05) is 0 Å². The number of rotatable bonds is 6. The summed E-state index contributed by atoms with van der Waals surface area (Å²) in [5, 5.41) is 10.6. The van der Waals surface area contributed by atoms with Crippen LogP contribution < -0.4 is 14.2 Å². The van der Waals surface area contributed by atoms with E-state index in [1.165, 1.54) is 49.5 Å². The predicted molar refractivity (Wildman–Crippen MR) is 101 cm³/mol. The third-order valence-electron chi connectivity index (χ3n) is 4.06. The number of fused-ring (bicyclic) bond motifs is 1. The average molecular weight is 422 g/mol. The lowest BCUT2D eigenvalue weighted by Gasteiger charge is -2.17. The molecule has 3 rings (SSSR count). The molecule has 0 atom stereocenters. The van der Waals surface area contributed by atoms with Crippen molar-refractivity contribution >= 4 is 21.7 Å². The number of non-ortho nitro benzene ring substituents is 1. The van der Waals surface area contributed by atoms with E-state index in [4.69, 9.17) is 14.2 Å². The maximum absolute atomic E-state index is 12.8. The first-order valence-corrected chi connectivity index (χ1v) is 10.0. The Labute approximate surface area is 166 Å². The largest absolute Gasteiger partial charge is 0.490 e. The molecule has 0 aliphatic carbocycles. The highest BCUT2D eigenvalue weighted by atomic mass is 32.2. The molecule has 0 unspecified atom stereocenters. The van der Waals surface area contributed by atoms with E-state index in [0.717, 1.165) is 4.31 Å². The van der Waals surface area contributed by atoms with E-state index < -0.39 is 27.5 Å². The van der Waals surface area contributed by atoms with Gasteiger partial charge in [0.1, 0.15) is 12.3 Å². The Morgan fingerprint density at radius 1 is 1.14 bits per heavy atom. The van der Waals surface area contributed by atoms with Crippen LogP contribution in [0.2, 0.25) is 0 Å². The van der Waals surface area contributed by atoms with Crippen LogP contribution in [0.25, 0.3) is 0 Å². The highest BCUT2D eigenvalue weighted by molar-refractivity contribution is 7.89. The zero-order valence-corrected chi connectivity index (χ0v) is 16.3. The van der Waals surface area contributed by atoms with Crippen LogP contribution in [-0.2, 0) is 14.8 Å². The van der Waals surface area contributed by atoms with Gasteiger partial charge in [0.2, 0.25) is 10.0 Å². The monoisotopic (exact) mass is 422 g/mol. The summed E-state index contributed by atoms with van der Waals surface area (Å²) in [5.41, 5.74) is -0.154. The zero-order chi connectivity index (χ0) is 21.0. The van der Waals surface area contributed by atoms with Crippen LogP contribution in [0.1, 0.15) is 6.42 Å². The van der Waals surface area contributed by atoms with E-state index in [-0.39, 0.29) is 16.3 Å². The summed E-state index contributed by atoms with van der Waals surface area (Å²) < 4.78 is 42.4. The summed E-state index contributed by atoms with van der Waals surface area (Å²) in [6.45, 7) is 0.342. The van der Waals surface area contributed by atoms with Crippen LogP contribution in [0.15, 0.2) is 47.4 Å². The lowest BCUT2D eigenvalue weighted by Crippen LogP contribution is -2.34. The molecule has 0 amide bonds. The van der Waals surface area contributed by atoms with Gasteiger partial charge in [-0.3, -0.25) is 14.9 Å². The van der Waals surface area contributed by atoms with Crippen molar-refractivity contribution in [1.29, 1.82) is 0 Å². The molecule has 0 saturated heterocycles. The smallest absolute Gasteiger partial charge is 0.326 e. The van der Waals surface area contributed by atoms with Crippen molar-refractivity contribution in [3.8, 4) is 17.2 Å². The summed E-state index contributed by atoms with van der Waals surface area (Å²) in [7, 11) is -2.74. The molecule has 0 spiro atoms. The minimum absolute atomic E-state index is 0.0487. The van der Waals surface area contributed by atoms with Gasteiger partial charge in [-0.25, -0.2) is 8.42 Å². The molecule has 0 bridgehead atoms. The van der Waals surface area contributed by atoms with E-state index in [1.54, 1.807) is 0 Å². The second kappa shape index (κ2) is 8.45. The normalized spacial score (nSPS) is 13.6. The number of nitro benzene ring substituents is 1. The van der Waals surface area contributed by atoms with Crippen molar-refractivity contribution in [2.75, 3.05) is 26.8 Å². The van der Waals surface area contributed by atoms with Gasteiger partial charge in [-0.2, -0.15) is 4.31 Å². The SMILES string of the molecule is CN(CC(=O)Oc1ccc([N+](=O)[O-])cc1)S(=O)(=O)c1ccc2c(c1)OCCCO2. The molecule has 2 aromatic carbocycles. The maximum Gasteiger partial charge on any atom is 0.326 e. The number of benzene rings is 2. The third-order valence-corrected chi connectivity index (χ3v) is 5.86. The van der Waals surface area contributed by atoms with Gasteiger partial charge in [-0.15, -0.1) is 0 Å². The van der Waals surface area contributed by atoms with Crippen molar-refractivity contribution in [3.05, 3.63) is 52.6 Å². The number of hydrogen-bond donors (Lipinski definition) is 0. The molecule has 1 heterocycles. The molecule has 0 N–H and O–H groups in total. The fourth-order valence-corrected chi connectivity index (χ4v) is 3.68. The molecule has 1 aliphatic rings. The zero-order valence-electron chi connectivity index (χ0n) is 15.4. The van der Waals surface area contributed by atoms with Crippen molar-refractivity contribution in [1.82, 2.24) is 4.31 Å². The minimum atomic E-state index is -3.98. The Hall–Kier alpha value is -3.18. The summed E-state index contributed by atoms with van der Waals surface area (Å²) in [4.78, 5) is 22.1. The van der Waals surface area contributed by atoms with Crippen LogP contribution >= 0.6 is 0 Å². The van der Waals surface area contributed by atoms with E-state index in [9.17, 15) is 23.3 Å². The molecule has 0 aromatic heterocycles. The molecular weight excluding hydrogens is 404 g/mol. The quantitative estimate of drug-likeness (QED) is 0.299. The fourth-order valence-electron chi connectivity index (χ4n) is 2.55. The standard InChI is InChI=1S/C18H18N2O8S/c1-19(12-18(21)28-14-5-3-13(4-6-14)20(22)23)29(24,25)15-7-8-16-17(11-15)27-10-2-9-26-16/h3-8,11H,2,9-10,12H2,1H3. The van der Waals surface area contributed by atoms with Gasteiger partial charge in [-0.1, -0.05) is 0 Å². The van der Waals surface area contributed by atoms with Crippen molar-refractivity contribution < 1.29 is 32.3 Å².